The third kappa shape index (κ3) is 3.00. The molecule has 0 unspecified atom stereocenters. The van der Waals surface area contributed by atoms with Crippen LogP contribution < -0.4 is 10.6 Å². The number of anilines is 1. The van der Waals surface area contributed by atoms with Gasteiger partial charge in [0.25, 0.3) is 0 Å². The molecule has 2 amide bonds. The molecule has 3 rings (SSSR count). The smallest absolute Gasteiger partial charge is 0.319 e. The number of amides is 2. The van der Waals surface area contributed by atoms with Gasteiger partial charge in [-0.25, -0.2) is 4.79 Å². The highest BCUT2D eigenvalue weighted by Crippen LogP contribution is 2.31. The number of aliphatic hydroxyl groups excluding tert-OH is 1. The molecule has 0 aromatic heterocycles. The zero-order valence-electron chi connectivity index (χ0n) is 12.1. The first-order chi connectivity index (χ1) is 10.5. The number of hydrogen-bond donors (Lipinski definition) is 3. The van der Waals surface area contributed by atoms with Crippen LogP contribution in [0.4, 0.5) is 10.5 Å². The van der Waals surface area contributed by atoms with Crippen molar-refractivity contribution in [1.82, 2.24) is 5.32 Å². The van der Waals surface area contributed by atoms with Gasteiger partial charge in [-0.15, -0.1) is 0 Å². The molecule has 3 N–H and O–H groups in total. The van der Waals surface area contributed by atoms with Crippen molar-refractivity contribution in [3.05, 3.63) is 63.6 Å². The molecule has 0 fully saturated rings. The van der Waals surface area contributed by atoms with Crippen molar-refractivity contribution in [1.29, 1.82) is 0 Å². The number of halogens is 1. The lowest BCUT2D eigenvalue weighted by molar-refractivity contribution is 0.144. The lowest BCUT2D eigenvalue weighted by atomic mass is 10.1. The quantitative estimate of drug-likeness (QED) is 0.766. The minimum absolute atomic E-state index is 0.314. The van der Waals surface area contributed by atoms with E-state index in [1.807, 2.05) is 49.4 Å². The van der Waals surface area contributed by atoms with E-state index < -0.39 is 6.10 Å². The lowest BCUT2D eigenvalue weighted by Crippen LogP contribution is -2.36. The summed E-state index contributed by atoms with van der Waals surface area (Å²) in [6, 6.07) is 12.8. The maximum absolute atomic E-state index is 12.2. The number of rotatable bonds is 2. The Kier molecular flexibility index (Phi) is 4.18. The summed E-state index contributed by atoms with van der Waals surface area (Å²) >= 11 is 3.40. The largest absolute Gasteiger partial charge is 0.390 e. The van der Waals surface area contributed by atoms with Crippen LogP contribution in [0.25, 0.3) is 0 Å². The number of benzene rings is 2. The van der Waals surface area contributed by atoms with Gasteiger partial charge >= 0.3 is 6.03 Å². The topological polar surface area (TPSA) is 61.4 Å². The SMILES string of the molecule is Cc1cc(Br)ccc1NC(=O)N[C@@H]1c2ccccc2C[C@@H]1O. The predicted octanol–water partition coefficient (Wildman–Crippen LogP) is 3.54. The van der Waals surface area contributed by atoms with E-state index >= 15 is 0 Å². The highest BCUT2D eigenvalue weighted by Gasteiger charge is 2.31. The second-order valence-electron chi connectivity index (χ2n) is 5.51. The molecule has 1 aliphatic carbocycles. The molecule has 2 aromatic rings. The van der Waals surface area contributed by atoms with Crippen LogP contribution >= 0.6 is 15.9 Å². The van der Waals surface area contributed by atoms with Crippen molar-refractivity contribution >= 4 is 27.6 Å². The summed E-state index contributed by atoms with van der Waals surface area (Å²) in [7, 11) is 0. The van der Waals surface area contributed by atoms with Gasteiger partial charge in [-0.3, -0.25) is 0 Å². The van der Waals surface area contributed by atoms with Crippen molar-refractivity contribution < 1.29 is 9.90 Å². The van der Waals surface area contributed by atoms with Crippen molar-refractivity contribution in [2.24, 2.45) is 0 Å². The van der Waals surface area contributed by atoms with Crippen LogP contribution in [0.5, 0.6) is 0 Å². The molecule has 4 nitrogen and oxygen atoms in total. The number of fused-ring (bicyclic) bond motifs is 1. The molecule has 2 aromatic carbocycles. The first-order valence-electron chi connectivity index (χ1n) is 7.14. The Morgan fingerprint density at radius 2 is 2.05 bits per heavy atom. The zero-order valence-corrected chi connectivity index (χ0v) is 13.7. The van der Waals surface area contributed by atoms with Gasteiger partial charge < -0.3 is 15.7 Å². The molecule has 5 heteroatoms. The fourth-order valence-corrected chi connectivity index (χ4v) is 3.29. The van der Waals surface area contributed by atoms with Crippen LogP contribution in [0.1, 0.15) is 22.7 Å². The van der Waals surface area contributed by atoms with Gasteiger partial charge in [0, 0.05) is 16.6 Å². The maximum atomic E-state index is 12.2. The Balaban J connectivity index is 1.72. The van der Waals surface area contributed by atoms with E-state index in [-0.39, 0.29) is 12.1 Å². The summed E-state index contributed by atoms with van der Waals surface area (Å²) in [5.74, 6) is 0. The van der Waals surface area contributed by atoms with E-state index in [2.05, 4.69) is 26.6 Å². The number of urea groups is 1. The molecule has 0 saturated heterocycles. The summed E-state index contributed by atoms with van der Waals surface area (Å²) in [4.78, 5) is 12.2. The lowest BCUT2D eigenvalue weighted by Gasteiger charge is -2.19. The molecular weight excluding hydrogens is 344 g/mol. The zero-order chi connectivity index (χ0) is 15.7. The Morgan fingerprint density at radius 1 is 1.27 bits per heavy atom. The molecule has 114 valence electrons. The molecule has 0 heterocycles. The van der Waals surface area contributed by atoms with E-state index in [0.717, 1.165) is 26.9 Å². The molecule has 0 aliphatic heterocycles. The van der Waals surface area contributed by atoms with Crippen LogP contribution in [-0.4, -0.2) is 17.2 Å². The van der Waals surface area contributed by atoms with Crippen molar-refractivity contribution in [3.63, 3.8) is 0 Å². The minimum Gasteiger partial charge on any atom is -0.390 e. The van der Waals surface area contributed by atoms with E-state index in [1.54, 1.807) is 0 Å². The molecular formula is C17H17BrN2O2. The third-order valence-electron chi connectivity index (χ3n) is 3.93. The third-order valence-corrected chi connectivity index (χ3v) is 4.42. The van der Waals surface area contributed by atoms with Gasteiger partial charge in [0.05, 0.1) is 12.1 Å². The summed E-state index contributed by atoms with van der Waals surface area (Å²) in [6.45, 7) is 1.93. The maximum Gasteiger partial charge on any atom is 0.319 e. The molecule has 0 radical (unpaired) electrons. The predicted molar refractivity (Wildman–Crippen MR) is 89.9 cm³/mol. The number of hydrogen-bond acceptors (Lipinski definition) is 2. The van der Waals surface area contributed by atoms with Crippen molar-refractivity contribution in [2.45, 2.75) is 25.5 Å². The summed E-state index contributed by atoms with van der Waals surface area (Å²) in [6.07, 6.45) is -0.0208. The molecule has 0 bridgehead atoms. The number of nitrogens with one attached hydrogen (secondary N) is 2. The Morgan fingerprint density at radius 3 is 2.82 bits per heavy atom. The summed E-state index contributed by atoms with van der Waals surface area (Å²) in [5.41, 5.74) is 3.79. The first-order valence-corrected chi connectivity index (χ1v) is 7.93. The van der Waals surface area contributed by atoms with Gasteiger partial charge in [-0.2, -0.15) is 0 Å². The number of carbonyl (C=O) groups is 1. The van der Waals surface area contributed by atoms with Crippen LogP contribution in [-0.2, 0) is 6.42 Å². The van der Waals surface area contributed by atoms with Crippen LogP contribution in [0.3, 0.4) is 0 Å². The van der Waals surface area contributed by atoms with Crippen LogP contribution in [0.15, 0.2) is 46.9 Å². The van der Waals surface area contributed by atoms with Gasteiger partial charge in [0.1, 0.15) is 0 Å². The average molecular weight is 361 g/mol. The van der Waals surface area contributed by atoms with E-state index in [1.165, 1.54) is 0 Å². The standard InChI is InChI=1S/C17H17BrN2O2/c1-10-8-12(18)6-7-14(10)19-17(22)20-16-13-5-3-2-4-11(13)9-15(16)21/h2-8,15-16,21H,9H2,1H3,(H2,19,20,22)/t15-,16+/m0/s1. The Labute approximate surface area is 137 Å². The minimum atomic E-state index is -0.589. The summed E-state index contributed by atoms with van der Waals surface area (Å²) < 4.78 is 0.969. The van der Waals surface area contributed by atoms with Crippen LogP contribution in [0, 0.1) is 6.92 Å². The Hall–Kier alpha value is -1.85. The van der Waals surface area contributed by atoms with E-state index in [0.29, 0.717) is 6.42 Å². The molecule has 22 heavy (non-hydrogen) atoms. The monoisotopic (exact) mass is 360 g/mol. The van der Waals surface area contributed by atoms with Gasteiger partial charge in [-0.1, -0.05) is 40.2 Å². The van der Waals surface area contributed by atoms with E-state index in [9.17, 15) is 9.90 Å². The number of aryl methyl sites for hydroxylation is 1. The molecule has 0 spiro atoms. The van der Waals surface area contributed by atoms with Gasteiger partial charge in [-0.05, 0) is 41.8 Å². The molecule has 2 atom stereocenters. The second-order valence-corrected chi connectivity index (χ2v) is 6.42. The Bertz CT molecular complexity index is 718. The van der Waals surface area contributed by atoms with Crippen molar-refractivity contribution in [2.75, 3.05) is 5.32 Å². The van der Waals surface area contributed by atoms with Crippen LogP contribution in [0.2, 0.25) is 0 Å². The first kappa shape index (κ1) is 15.1. The van der Waals surface area contributed by atoms with Crippen molar-refractivity contribution in [3.8, 4) is 0 Å². The summed E-state index contributed by atoms with van der Waals surface area (Å²) in [5, 5.41) is 15.9. The average Bonchev–Trinajstić information content (AvgIpc) is 2.78. The number of aliphatic hydroxyl groups is 1. The van der Waals surface area contributed by atoms with E-state index in [4.69, 9.17) is 0 Å². The number of carbonyl (C=O) groups excluding carboxylic acids is 1. The van der Waals surface area contributed by atoms with Gasteiger partial charge in [0.15, 0.2) is 0 Å². The fraction of sp³-hybridized carbons (Fsp3) is 0.235. The van der Waals surface area contributed by atoms with Gasteiger partial charge in [0.2, 0.25) is 0 Å². The second kappa shape index (κ2) is 6.10. The molecule has 0 saturated carbocycles. The molecule has 1 aliphatic rings. The highest BCUT2D eigenvalue weighted by atomic mass is 79.9. The normalized spacial score (nSPS) is 19.6. The fourth-order valence-electron chi connectivity index (χ4n) is 2.81. The highest BCUT2D eigenvalue weighted by molar-refractivity contribution is 9.10.